The molecule has 0 aliphatic carbocycles. The molecule has 1 rings (SSSR count). The van der Waals surface area contributed by atoms with E-state index in [-0.39, 0.29) is 17.7 Å². The van der Waals surface area contributed by atoms with E-state index < -0.39 is 0 Å². The quantitative estimate of drug-likeness (QED) is 0.667. The molecule has 1 atom stereocenters. The van der Waals surface area contributed by atoms with Crippen molar-refractivity contribution < 1.29 is 9.59 Å². The minimum atomic E-state index is -0.150. The highest BCUT2D eigenvalue weighted by Crippen LogP contribution is 2.07. The lowest BCUT2D eigenvalue weighted by atomic mass is 10.1. The third-order valence-electron chi connectivity index (χ3n) is 1.91. The van der Waals surface area contributed by atoms with Gasteiger partial charge < -0.3 is 0 Å². The van der Waals surface area contributed by atoms with Gasteiger partial charge in [-0.1, -0.05) is 40.0 Å². The molecule has 1 unspecified atom stereocenters. The lowest BCUT2D eigenvalue weighted by molar-refractivity contribution is -0.125. The molecule has 2 amide bonds. The van der Waals surface area contributed by atoms with E-state index in [1.54, 1.807) is 6.92 Å². The van der Waals surface area contributed by atoms with Crippen molar-refractivity contribution in [2.45, 2.75) is 46.5 Å². The molecular formula is C10H19NO2. The monoisotopic (exact) mass is 185 g/mol. The van der Waals surface area contributed by atoms with Gasteiger partial charge in [0.25, 0.3) is 0 Å². The fraction of sp³-hybridized carbons (Fsp3) is 0.800. The number of hydrogen-bond donors (Lipinski definition) is 1. The van der Waals surface area contributed by atoms with E-state index in [2.05, 4.69) is 19.2 Å². The molecule has 0 radical (unpaired) electrons. The minimum Gasteiger partial charge on any atom is -0.296 e. The van der Waals surface area contributed by atoms with Gasteiger partial charge >= 0.3 is 0 Å². The molecule has 1 N–H and O–H groups in total. The number of unbranched alkanes of at least 4 members (excludes halogenated alkanes) is 2. The van der Waals surface area contributed by atoms with Crippen molar-refractivity contribution in [1.82, 2.24) is 5.32 Å². The van der Waals surface area contributed by atoms with Crippen LogP contribution in [0.1, 0.15) is 46.5 Å². The highest BCUT2D eigenvalue weighted by Gasteiger charge is 2.25. The minimum absolute atomic E-state index is 0.109. The molecule has 0 aromatic heterocycles. The Morgan fingerprint density at radius 3 is 1.92 bits per heavy atom. The Kier molecular flexibility index (Phi) is 6.20. The van der Waals surface area contributed by atoms with E-state index in [4.69, 9.17) is 0 Å². The topological polar surface area (TPSA) is 46.2 Å². The summed E-state index contributed by atoms with van der Waals surface area (Å²) in [7, 11) is 0. The number of hydrogen-bond acceptors (Lipinski definition) is 2. The summed E-state index contributed by atoms with van der Waals surface area (Å²) < 4.78 is 0. The van der Waals surface area contributed by atoms with Gasteiger partial charge in [0.15, 0.2) is 0 Å². The van der Waals surface area contributed by atoms with Gasteiger partial charge in [-0.05, 0) is 0 Å². The highest BCUT2D eigenvalue weighted by atomic mass is 16.2. The third kappa shape index (κ3) is 5.39. The van der Waals surface area contributed by atoms with Crippen molar-refractivity contribution >= 4 is 11.8 Å². The maximum Gasteiger partial charge on any atom is 0.229 e. The average molecular weight is 185 g/mol. The molecule has 1 fully saturated rings. The van der Waals surface area contributed by atoms with Crippen LogP contribution in [-0.4, -0.2) is 11.8 Å². The zero-order valence-corrected chi connectivity index (χ0v) is 8.72. The molecular weight excluding hydrogens is 166 g/mol. The molecule has 0 aromatic carbocycles. The van der Waals surface area contributed by atoms with Gasteiger partial charge in [-0.15, -0.1) is 0 Å². The van der Waals surface area contributed by atoms with Crippen LogP contribution >= 0.6 is 0 Å². The molecule has 1 heterocycles. The summed E-state index contributed by atoms with van der Waals surface area (Å²) in [4.78, 5) is 20.8. The second-order valence-electron chi connectivity index (χ2n) is 3.37. The molecule has 0 aromatic rings. The van der Waals surface area contributed by atoms with Gasteiger partial charge in [0, 0.05) is 12.3 Å². The third-order valence-corrected chi connectivity index (χ3v) is 1.91. The summed E-state index contributed by atoms with van der Waals surface area (Å²) >= 11 is 0. The maximum atomic E-state index is 10.5. The molecule has 1 aliphatic rings. The molecule has 3 heteroatoms. The van der Waals surface area contributed by atoms with E-state index in [0.717, 1.165) is 0 Å². The molecule has 0 bridgehead atoms. The van der Waals surface area contributed by atoms with Crippen molar-refractivity contribution in [3.63, 3.8) is 0 Å². The first-order valence-electron chi connectivity index (χ1n) is 4.95. The summed E-state index contributed by atoms with van der Waals surface area (Å²) in [5, 5.41) is 2.19. The van der Waals surface area contributed by atoms with Crippen LogP contribution in [0.5, 0.6) is 0 Å². The standard InChI is InChI=1S/C5H7NO2.C5H12/c1-3-2-4(7)6-5(3)8;1-3-5-4-2/h3H,2H2,1H3,(H,6,7,8);3-5H2,1-2H3. The normalized spacial score (nSPS) is 20.7. The second-order valence-corrected chi connectivity index (χ2v) is 3.37. The smallest absolute Gasteiger partial charge is 0.229 e. The van der Waals surface area contributed by atoms with Crippen LogP contribution in [-0.2, 0) is 9.59 Å². The zero-order chi connectivity index (χ0) is 10.3. The molecule has 1 saturated heterocycles. The molecule has 3 nitrogen and oxygen atoms in total. The van der Waals surface area contributed by atoms with Crippen LogP contribution < -0.4 is 5.32 Å². The van der Waals surface area contributed by atoms with Gasteiger partial charge in [0.1, 0.15) is 0 Å². The van der Waals surface area contributed by atoms with Gasteiger partial charge in [-0.3, -0.25) is 14.9 Å². The van der Waals surface area contributed by atoms with Crippen LogP contribution in [0.3, 0.4) is 0 Å². The van der Waals surface area contributed by atoms with E-state index in [0.29, 0.717) is 6.42 Å². The first-order chi connectivity index (χ1) is 6.11. The summed E-state index contributed by atoms with van der Waals surface area (Å²) in [5.41, 5.74) is 0. The molecule has 13 heavy (non-hydrogen) atoms. The van der Waals surface area contributed by atoms with Gasteiger partial charge in [0.05, 0.1) is 0 Å². The van der Waals surface area contributed by atoms with E-state index in [1.807, 2.05) is 0 Å². The Labute approximate surface area is 79.9 Å². The molecule has 0 spiro atoms. The number of carbonyl (C=O) groups is 2. The van der Waals surface area contributed by atoms with E-state index in [1.165, 1.54) is 19.3 Å². The first-order valence-corrected chi connectivity index (χ1v) is 4.95. The second kappa shape index (κ2) is 6.63. The Hall–Kier alpha value is -0.860. The van der Waals surface area contributed by atoms with Gasteiger partial charge in [-0.2, -0.15) is 0 Å². The first kappa shape index (κ1) is 12.1. The fourth-order valence-electron chi connectivity index (χ4n) is 1.04. The van der Waals surface area contributed by atoms with Crippen LogP contribution in [0.15, 0.2) is 0 Å². The van der Waals surface area contributed by atoms with Crippen molar-refractivity contribution in [3.8, 4) is 0 Å². The Morgan fingerprint density at radius 1 is 1.31 bits per heavy atom. The van der Waals surface area contributed by atoms with Crippen LogP contribution in [0.2, 0.25) is 0 Å². The van der Waals surface area contributed by atoms with Crippen LogP contribution in [0.4, 0.5) is 0 Å². The predicted octanol–water partition coefficient (Wildman–Crippen LogP) is 1.87. The highest BCUT2D eigenvalue weighted by molar-refractivity contribution is 6.03. The van der Waals surface area contributed by atoms with Crippen molar-refractivity contribution in [1.29, 1.82) is 0 Å². The number of amides is 2. The van der Waals surface area contributed by atoms with Crippen molar-refractivity contribution in [3.05, 3.63) is 0 Å². The lowest BCUT2D eigenvalue weighted by Crippen LogP contribution is -2.20. The van der Waals surface area contributed by atoms with Crippen LogP contribution in [0, 0.1) is 5.92 Å². The summed E-state index contributed by atoms with van der Waals surface area (Å²) in [6.45, 7) is 6.16. The number of nitrogens with one attached hydrogen (secondary N) is 1. The van der Waals surface area contributed by atoms with Crippen molar-refractivity contribution in [2.75, 3.05) is 0 Å². The summed E-state index contributed by atoms with van der Waals surface area (Å²) in [5.74, 6) is -0.403. The Morgan fingerprint density at radius 2 is 1.85 bits per heavy atom. The fourth-order valence-corrected chi connectivity index (χ4v) is 1.04. The zero-order valence-electron chi connectivity index (χ0n) is 8.72. The lowest BCUT2D eigenvalue weighted by Gasteiger charge is -1.88. The van der Waals surface area contributed by atoms with Gasteiger partial charge in [-0.25, -0.2) is 0 Å². The summed E-state index contributed by atoms with van der Waals surface area (Å²) in [6.07, 6.45) is 4.44. The van der Waals surface area contributed by atoms with Gasteiger partial charge in [0.2, 0.25) is 11.8 Å². The molecule has 1 aliphatic heterocycles. The predicted molar refractivity (Wildman–Crippen MR) is 52.1 cm³/mol. The SMILES string of the molecule is CC1CC(=O)NC1=O.CCCCC. The van der Waals surface area contributed by atoms with E-state index >= 15 is 0 Å². The van der Waals surface area contributed by atoms with E-state index in [9.17, 15) is 9.59 Å². The molecule has 76 valence electrons. The van der Waals surface area contributed by atoms with Crippen molar-refractivity contribution in [2.24, 2.45) is 5.92 Å². The summed E-state index contributed by atoms with van der Waals surface area (Å²) in [6, 6.07) is 0. The Balaban J connectivity index is 0.000000252. The molecule has 0 saturated carbocycles. The Bertz CT molecular complexity index is 176. The van der Waals surface area contributed by atoms with Crippen LogP contribution in [0.25, 0.3) is 0 Å². The number of imide groups is 1. The average Bonchev–Trinajstić information content (AvgIpc) is 2.32. The maximum absolute atomic E-state index is 10.5. The number of carbonyl (C=O) groups excluding carboxylic acids is 2. The largest absolute Gasteiger partial charge is 0.296 e. The number of rotatable bonds is 2.